The molecule has 0 amide bonds. The maximum Gasteiger partial charge on any atom is 0.342 e. The van der Waals surface area contributed by atoms with Gasteiger partial charge in [0.2, 0.25) is 0 Å². The van der Waals surface area contributed by atoms with Gasteiger partial charge in [-0.25, -0.2) is 9.48 Å². The molecule has 0 saturated heterocycles. The molecule has 3 aromatic carbocycles. The van der Waals surface area contributed by atoms with E-state index in [1.807, 2.05) is 97.1 Å². The highest BCUT2D eigenvalue weighted by atomic mass is 35.5. The first-order valence-corrected chi connectivity index (χ1v) is 10.4. The van der Waals surface area contributed by atoms with E-state index in [2.05, 4.69) is 0 Å². The third-order valence-electron chi connectivity index (χ3n) is 4.75. The molecule has 1 heterocycles. The number of nitrogens with zero attached hydrogens (tertiary/aromatic N) is 2. The highest BCUT2D eigenvalue weighted by Crippen LogP contribution is 2.30. The summed E-state index contributed by atoms with van der Waals surface area (Å²) < 4.78 is 7.18. The molecule has 0 N–H and O–H groups in total. The van der Waals surface area contributed by atoms with Crippen LogP contribution in [0, 0.1) is 0 Å². The Bertz CT molecular complexity index is 1200. The molecule has 0 fully saturated rings. The molecule has 31 heavy (non-hydrogen) atoms. The van der Waals surface area contributed by atoms with E-state index in [1.165, 1.54) is 0 Å². The van der Waals surface area contributed by atoms with Gasteiger partial charge in [-0.1, -0.05) is 78.3 Å². The van der Waals surface area contributed by atoms with Crippen molar-refractivity contribution in [3.63, 3.8) is 0 Å². The van der Waals surface area contributed by atoms with Crippen molar-refractivity contribution in [2.24, 2.45) is 0 Å². The van der Waals surface area contributed by atoms with Crippen LogP contribution in [0.25, 0.3) is 29.1 Å². The number of hydrogen-bond donors (Lipinski definition) is 0. The first kappa shape index (κ1) is 20.6. The average Bonchev–Trinajstić information content (AvgIpc) is 3.20. The number of halogens is 1. The van der Waals surface area contributed by atoms with Crippen molar-refractivity contribution in [3.8, 4) is 16.9 Å². The van der Waals surface area contributed by atoms with Gasteiger partial charge < -0.3 is 4.74 Å². The number of benzene rings is 3. The van der Waals surface area contributed by atoms with Crippen LogP contribution in [0.4, 0.5) is 0 Å². The Morgan fingerprint density at radius 2 is 1.58 bits per heavy atom. The zero-order valence-electron chi connectivity index (χ0n) is 17.0. The summed E-state index contributed by atoms with van der Waals surface area (Å²) >= 11 is 6.01. The van der Waals surface area contributed by atoms with E-state index in [9.17, 15) is 4.79 Å². The lowest BCUT2D eigenvalue weighted by atomic mass is 10.0. The number of hydrogen-bond acceptors (Lipinski definition) is 3. The van der Waals surface area contributed by atoms with E-state index in [0.717, 1.165) is 16.8 Å². The number of esters is 1. The van der Waals surface area contributed by atoms with Crippen molar-refractivity contribution in [1.29, 1.82) is 0 Å². The molecule has 1 aromatic heterocycles. The first-order chi connectivity index (χ1) is 15.2. The molecule has 0 unspecified atom stereocenters. The monoisotopic (exact) mass is 428 g/mol. The van der Waals surface area contributed by atoms with Gasteiger partial charge >= 0.3 is 5.97 Å². The van der Waals surface area contributed by atoms with Gasteiger partial charge in [-0.2, -0.15) is 5.10 Å². The van der Waals surface area contributed by atoms with Crippen LogP contribution in [-0.2, 0) is 4.74 Å². The lowest BCUT2D eigenvalue weighted by Gasteiger charge is -2.06. The van der Waals surface area contributed by atoms with Gasteiger partial charge in [0.25, 0.3) is 0 Å². The molecule has 0 aliphatic carbocycles. The molecule has 0 atom stereocenters. The molecule has 0 aliphatic rings. The van der Waals surface area contributed by atoms with E-state index < -0.39 is 5.97 Å². The number of carbonyl (C=O) groups is 1. The number of aromatic nitrogens is 2. The molecule has 0 radical (unpaired) electrons. The van der Waals surface area contributed by atoms with Gasteiger partial charge in [-0.15, -0.1) is 0 Å². The van der Waals surface area contributed by atoms with Crippen LogP contribution in [0.5, 0.6) is 0 Å². The molecule has 5 heteroatoms. The zero-order chi connectivity index (χ0) is 21.6. The Balaban J connectivity index is 1.93. The minimum atomic E-state index is -0.403. The molecule has 0 spiro atoms. The van der Waals surface area contributed by atoms with Gasteiger partial charge in [0.05, 0.1) is 18.0 Å². The van der Waals surface area contributed by atoms with Crippen LogP contribution < -0.4 is 0 Å². The van der Waals surface area contributed by atoms with Gasteiger partial charge in [-0.3, -0.25) is 0 Å². The van der Waals surface area contributed by atoms with Crippen molar-refractivity contribution in [3.05, 3.63) is 107 Å². The molecule has 0 saturated carbocycles. The summed E-state index contributed by atoms with van der Waals surface area (Å²) in [7, 11) is 0. The Kier molecular flexibility index (Phi) is 6.29. The van der Waals surface area contributed by atoms with Crippen LogP contribution >= 0.6 is 11.6 Å². The summed E-state index contributed by atoms with van der Waals surface area (Å²) in [6.07, 6.45) is 3.83. The first-order valence-electron chi connectivity index (χ1n) is 10.0. The third kappa shape index (κ3) is 4.60. The van der Waals surface area contributed by atoms with Crippen molar-refractivity contribution >= 4 is 29.7 Å². The lowest BCUT2D eigenvalue weighted by molar-refractivity contribution is 0.0527. The van der Waals surface area contributed by atoms with Crippen LogP contribution in [0.1, 0.15) is 28.5 Å². The smallest absolute Gasteiger partial charge is 0.342 e. The second-order valence-corrected chi connectivity index (χ2v) is 7.26. The number of ether oxygens (including phenoxy) is 1. The highest BCUT2D eigenvalue weighted by molar-refractivity contribution is 6.30. The van der Waals surface area contributed by atoms with E-state index in [-0.39, 0.29) is 6.61 Å². The molecule has 154 valence electrons. The maximum atomic E-state index is 13.0. The highest BCUT2D eigenvalue weighted by Gasteiger charge is 2.25. The summed E-state index contributed by atoms with van der Waals surface area (Å²) in [6, 6.07) is 26.9. The van der Waals surface area contributed by atoms with Crippen molar-refractivity contribution in [2.75, 3.05) is 6.61 Å². The van der Waals surface area contributed by atoms with Gasteiger partial charge in [0.15, 0.2) is 0 Å². The molecular formula is C26H21ClN2O2. The predicted octanol–water partition coefficient (Wildman–Crippen LogP) is 6.54. The quantitative estimate of drug-likeness (QED) is 0.327. The van der Waals surface area contributed by atoms with Crippen LogP contribution in [0.15, 0.2) is 84.9 Å². The minimum Gasteiger partial charge on any atom is -0.462 e. The largest absolute Gasteiger partial charge is 0.462 e. The normalized spacial score (nSPS) is 11.0. The van der Waals surface area contributed by atoms with Crippen LogP contribution in [-0.4, -0.2) is 22.4 Å². The molecule has 4 nitrogen and oxygen atoms in total. The number of rotatable bonds is 6. The maximum absolute atomic E-state index is 13.0. The topological polar surface area (TPSA) is 44.1 Å². The summed E-state index contributed by atoms with van der Waals surface area (Å²) in [4.78, 5) is 13.0. The summed E-state index contributed by atoms with van der Waals surface area (Å²) in [5.41, 5.74) is 4.33. The van der Waals surface area contributed by atoms with E-state index in [4.69, 9.17) is 21.4 Å². The zero-order valence-corrected chi connectivity index (χ0v) is 17.8. The van der Waals surface area contributed by atoms with Crippen molar-refractivity contribution in [1.82, 2.24) is 9.78 Å². The molecule has 4 aromatic rings. The van der Waals surface area contributed by atoms with Gasteiger partial charge in [0, 0.05) is 10.6 Å². The molecular weight excluding hydrogens is 408 g/mol. The molecule has 0 aliphatic heterocycles. The Morgan fingerprint density at radius 1 is 0.935 bits per heavy atom. The fourth-order valence-corrected chi connectivity index (χ4v) is 3.43. The molecule has 4 rings (SSSR count). The van der Waals surface area contributed by atoms with Crippen molar-refractivity contribution < 1.29 is 9.53 Å². The second-order valence-electron chi connectivity index (χ2n) is 6.83. The fourth-order valence-electron chi connectivity index (χ4n) is 3.30. The SMILES string of the molecule is CCOC(=O)c1c(-c2ccccc2)nn(-c2ccccc2)c1C=Cc1ccc(Cl)cc1. The van der Waals surface area contributed by atoms with E-state index >= 15 is 0 Å². The van der Waals surface area contributed by atoms with Crippen LogP contribution in [0.2, 0.25) is 5.02 Å². The fraction of sp³-hybridized carbons (Fsp3) is 0.0769. The third-order valence-corrected chi connectivity index (χ3v) is 5.00. The predicted molar refractivity (Wildman–Crippen MR) is 125 cm³/mol. The average molecular weight is 429 g/mol. The van der Waals surface area contributed by atoms with E-state index in [1.54, 1.807) is 11.6 Å². The molecule has 0 bridgehead atoms. The number of carbonyl (C=O) groups excluding carboxylic acids is 1. The lowest BCUT2D eigenvalue weighted by Crippen LogP contribution is -2.08. The van der Waals surface area contributed by atoms with Gasteiger partial charge in [-0.05, 0) is 42.8 Å². The number of para-hydroxylation sites is 1. The Morgan fingerprint density at radius 3 is 2.23 bits per heavy atom. The second kappa shape index (κ2) is 9.45. The summed E-state index contributed by atoms with van der Waals surface area (Å²) in [5.74, 6) is -0.403. The van der Waals surface area contributed by atoms with Gasteiger partial charge in [0.1, 0.15) is 11.3 Å². The summed E-state index contributed by atoms with van der Waals surface area (Å²) in [5, 5.41) is 5.50. The van der Waals surface area contributed by atoms with Crippen LogP contribution in [0.3, 0.4) is 0 Å². The Labute approximate surface area is 186 Å². The standard InChI is InChI=1S/C26H21ClN2O2/c1-2-31-26(30)24-23(18-15-19-13-16-21(27)17-14-19)29(22-11-7-4-8-12-22)28-25(24)20-9-5-3-6-10-20/h3-18H,2H2,1H3. The Hall–Kier alpha value is -3.63. The summed E-state index contributed by atoms with van der Waals surface area (Å²) in [6.45, 7) is 2.08. The van der Waals surface area contributed by atoms with Crippen molar-refractivity contribution in [2.45, 2.75) is 6.92 Å². The minimum absolute atomic E-state index is 0.282. The van der Waals surface area contributed by atoms with E-state index in [0.29, 0.717) is 22.0 Å².